The molecule has 1 fully saturated rings. The first kappa shape index (κ1) is 11.8. The van der Waals surface area contributed by atoms with Crippen LogP contribution in [0.5, 0.6) is 11.5 Å². The first-order valence-corrected chi connectivity index (χ1v) is 6.70. The van der Waals surface area contributed by atoms with E-state index in [0.717, 1.165) is 17.9 Å². The third-order valence-electron chi connectivity index (χ3n) is 4.41. The average Bonchev–Trinajstić information content (AvgIpc) is 3.05. The van der Waals surface area contributed by atoms with Crippen molar-refractivity contribution in [2.45, 2.75) is 50.7 Å². The number of hydrogen-bond donors (Lipinski definition) is 1. The van der Waals surface area contributed by atoms with Crippen molar-refractivity contribution >= 4 is 0 Å². The van der Waals surface area contributed by atoms with E-state index in [0.29, 0.717) is 0 Å². The summed E-state index contributed by atoms with van der Waals surface area (Å²) >= 11 is 0. The van der Waals surface area contributed by atoms with Gasteiger partial charge in [0.1, 0.15) is 6.10 Å². The van der Waals surface area contributed by atoms with Crippen molar-refractivity contribution in [1.29, 1.82) is 0 Å². The second-order valence-corrected chi connectivity index (χ2v) is 5.74. The molecular weight excluding hydrogens is 226 g/mol. The van der Waals surface area contributed by atoms with E-state index in [-0.39, 0.29) is 17.6 Å². The van der Waals surface area contributed by atoms with Crippen LogP contribution in [0.25, 0.3) is 0 Å². The molecular formula is C15H21NO2. The van der Waals surface area contributed by atoms with Crippen molar-refractivity contribution in [1.82, 2.24) is 0 Å². The SMILES string of the molecule is COc1cc(C2(C(C)N)CC2)cc2c1OC(C)C2. The Kier molecular flexibility index (Phi) is 2.56. The number of fused-ring (bicyclic) bond motifs is 1. The van der Waals surface area contributed by atoms with Gasteiger partial charge in [0.15, 0.2) is 11.5 Å². The molecule has 0 amide bonds. The zero-order chi connectivity index (χ0) is 12.9. The van der Waals surface area contributed by atoms with Gasteiger partial charge in [0.25, 0.3) is 0 Å². The van der Waals surface area contributed by atoms with Crippen LogP contribution in [0.2, 0.25) is 0 Å². The summed E-state index contributed by atoms with van der Waals surface area (Å²) in [6, 6.07) is 4.59. The Morgan fingerprint density at radius 2 is 2.17 bits per heavy atom. The number of hydrogen-bond acceptors (Lipinski definition) is 3. The summed E-state index contributed by atoms with van der Waals surface area (Å²) in [7, 11) is 1.71. The van der Waals surface area contributed by atoms with Crippen molar-refractivity contribution in [3.8, 4) is 11.5 Å². The van der Waals surface area contributed by atoms with Gasteiger partial charge in [-0.25, -0.2) is 0 Å². The molecule has 0 radical (unpaired) electrons. The van der Waals surface area contributed by atoms with Crippen LogP contribution in [0.15, 0.2) is 12.1 Å². The third kappa shape index (κ3) is 1.61. The first-order valence-electron chi connectivity index (χ1n) is 6.70. The van der Waals surface area contributed by atoms with Gasteiger partial charge >= 0.3 is 0 Å². The van der Waals surface area contributed by atoms with Crippen molar-refractivity contribution in [3.05, 3.63) is 23.3 Å². The molecule has 1 aromatic carbocycles. The molecule has 0 aromatic heterocycles. The molecule has 3 rings (SSSR count). The highest BCUT2D eigenvalue weighted by molar-refractivity contribution is 5.54. The predicted molar refractivity (Wildman–Crippen MR) is 71.3 cm³/mol. The van der Waals surface area contributed by atoms with E-state index in [4.69, 9.17) is 15.2 Å². The molecule has 2 atom stereocenters. The zero-order valence-electron chi connectivity index (χ0n) is 11.3. The van der Waals surface area contributed by atoms with Crippen LogP contribution < -0.4 is 15.2 Å². The Bertz CT molecular complexity index is 478. The van der Waals surface area contributed by atoms with Gasteiger partial charge in [-0.2, -0.15) is 0 Å². The van der Waals surface area contributed by atoms with Gasteiger partial charge in [0.05, 0.1) is 7.11 Å². The maximum Gasteiger partial charge on any atom is 0.164 e. The smallest absolute Gasteiger partial charge is 0.164 e. The summed E-state index contributed by atoms with van der Waals surface area (Å²) < 4.78 is 11.3. The van der Waals surface area contributed by atoms with Crippen LogP contribution in [-0.2, 0) is 11.8 Å². The van der Waals surface area contributed by atoms with Gasteiger partial charge in [-0.1, -0.05) is 6.07 Å². The molecule has 1 saturated carbocycles. The second kappa shape index (κ2) is 3.89. The molecule has 0 saturated heterocycles. The molecule has 18 heavy (non-hydrogen) atoms. The standard InChI is InChI=1S/C15H21NO2/c1-9-6-11-7-12(15(4-5-15)10(2)16)8-13(17-3)14(11)18-9/h7-10H,4-6,16H2,1-3H3. The van der Waals surface area contributed by atoms with Crippen molar-refractivity contribution in [3.63, 3.8) is 0 Å². The van der Waals surface area contributed by atoms with Crippen LogP contribution in [0, 0.1) is 0 Å². The highest BCUT2D eigenvalue weighted by Gasteiger charge is 2.48. The number of methoxy groups -OCH3 is 1. The van der Waals surface area contributed by atoms with Gasteiger partial charge < -0.3 is 15.2 Å². The Balaban J connectivity index is 2.06. The van der Waals surface area contributed by atoms with E-state index in [1.54, 1.807) is 7.11 Å². The van der Waals surface area contributed by atoms with Gasteiger partial charge in [0.2, 0.25) is 0 Å². The fraction of sp³-hybridized carbons (Fsp3) is 0.600. The molecule has 2 aliphatic rings. The third-order valence-corrected chi connectivity index (χ3v) is 4.41. The fourth-order valence-electron chi connectivity index (χ4n) is 3.08. The fourth-order valence-corrected chi connectivity index (χ4v) is 3.08. The van der Waals surface area contributed by atoms with E-state index in [1.165, 1.54) is 24.0 Å². The van der Waals surface area contributed by atoms with E-state index in [1.807, 2.05) is 0 Å². The molecule has 3 heteroatoms. The van der Waals surface area contributed by atoms with E-state index in [9.17, 15) is 0 Å². The van der Waals surface area contributed by atoms with Gasteiger partial charge in [-0.3, -0.25) is 0 Å². The van der Waals surface area contributed by atoms with Gasteiger partial charge in [-0.05, 0) is 38.3 Å². The van der Waals surface area contributed by atoms with Crippen molar-refractivity contribution in [2.75, 3.05) is 7.11 Å². The molecule has 1 aromatic rings. The van der Waals surface area contributed by atoms with Crippen LogP contribution in [0.3, 0.4) is 0 Å². The van der Waals surface area contributed by atoms with Crippen molar-refractivity contribution in [2.24, 2.45) is 5.73 Å². The summed E-state index contributed by atoms with van der Waals surface area (Å²) in [6.07, 6.45) is 3.58. The summed E-state index contributed by atoms with van der Waals surface area (Å²) in [5.74, 6) is 1.79. The summed E-state index contributed by atoms with van der Waals surface area (Å²) in [6.45, 7) is 4.20. The Hall–Kier alpha value is -1.22. The maximum atomic E-state index is 6.16. The minimum Gasteiger partial charge on any atom is -0.493 e. The maximum absolute atomic E-state index is 6.16. The predicted octanol–water partition coefficient (Wildman–Crippen LogP) is 2.40. The Labute approximate surface area is 108 Å². The largest absolute Gasteiger partial charge is 0.493 e. The van der Waals surface area contributed by atoms with Gasteiger partial charge in [0, 0.05) is 23.4 Å². The summed E-state index contributed by atoms with van der Waals surface area (Å²) in [4.78, 5) is 0. The van der Waals surface area contributed by atoms with Crippen LogP contribution in [-0.4, -0.2) is 19.3 Å². The average molecular weight is 247 g/mol. The van der Waals surface area contributed by atoms with Crippen LogP contribution in [0.1, 0.15) is 37.8 Å². The number of nitrogens with two attached hydrogens (primary N) is 1. The van der Waals surface area contributed by atoms with Crippen LogP contribution >= 0.6 is 0 Å². The van der Waals surface area contributed by atoms with E-state index in [2.05, 4.69) is 26.0 Å². The number of benzene rings is 1. The topological polar surface area (TPSA) is 44.5 Å². The quantitative estimate of drug-likeness (QED) is 0.892. The minimum absolute atomic E-state index is 0.175. The van der Waals surface area contributed by atoms with Gasteiger partial charge in [-0.15, -0.1) is 0 Å². The lowest BCUT2D eigenvalue weighted by Crippen LogP contribution is -2.31. The van der Waals surface area contributed by atoms with Crippen molar-refractivity contribution < 1.29 is 9.47 Å². The molecule has 98 valence electrons. The summed E-state index contributed by atoms with van der Waals surface area (Å²) in [5, 5.41) is 0. The second-order valence-electron chi connectivity index (χ2n) is 5.74. The van der Waals surface area contributed by atoms with E-state index >= 15 is 0 Å². The highest BCUT2D eigenvalue weighted by atomic mass is 16.5. The number of rotatable bonds is 3. The molecule has 0 bridgehead atoms. The Morgan fingerprint density at radius 3 is 2.72 bits per heavy atom. The summed E-state index contributed by atoms with van der Waals surface area (Å²) in [5.41, 5.74) is 8.92. The normalized spacial score (nSPS) is 25.2. The number of ether oxygens (including phenoxy) is 2. The molecule has 2 N–H and O–H groups in total. The van der Waals surface area contributed by atoms with E-state index < -0.39 is 0 Å². The molecule has 0 spiro atoms. The first-order chi connectivity index (χ1) is 8.56. The minimum atomic E-state index is 0.175. The molecule has 3 nitrogen and oxygen atoms in total. The molecule has 1 aliphatic carbocycles. The molecule has 1 heterocycles. The molecule has 1 aliphatic heterocycles. The lowest BCUT2D eigenvalue weighted by molar-refractivity contribution is 0.243. The monoisotopic (exact) mass is 247 g/mol. The molecule has 2 unspecified atom stereocenters. The Morgan fingerprint density at radius 1 is 1.44 bits per heavy atom. The lowest BCUT2D eigenvalue weighted by atomic mass is 9.87. The lowest BCUT2D eigenvalue weighted by Gasteiger charge is -2.21. The van der Waals surface area contributed by atoms with Crippen LogP contribution in [0.4, 0.5) is 0 Å². The zero-order valence-corrected chi connectivity index (χ0v) is 11.3. The highest BCUT2D eigenvalue weighted by Crippen LogP contribution is 2.53.